The van der Waals surface area contributed by atoms with Crippen LogP contribution in [0.4, 0.5) is 0 Å². The van der Waals surface area contributed by atoms with Gasteiger partial charge in [-0.25, -0.2) is 4.98 Å². The number of carbonyl (C=O) groups is 1. The molecule has 6 rings (SSSR count). The summed E-state index contributed by atoms with van der Waals surface area (Å²) in [5, 5.41) is 6.31. The Labute approximate surface area is 211 Å². The predicted molar refractivity (Wildman–Crippen MR) is 139 cm³/mol. The van der Waals surface area contributed by atoms with Crippen molar-refractivity contribution in [3.8, 4) is 5.88 Å². The van der Waals surface area contributed by atoms with E-state index < -0.39 is 0 Å². The van der Waals surface area contributed by atoms with E-state index in [-0.39, 0.29) is 17.4 Å². The van der Waals surface area contributed by atoms with Crippen LogP contribution in [0.1, 0.15) is 60.0 Å². The maximum absolute atomic E-state index is 13.5. The highest BCUT2D eigenvalue weighted by Gasteiger charge is 2.43. The second kappa shape index (κ2) is 8.73. The Bertz CT molecular complexity index is 1350. The fourth-order valence-electron chi connectivity index (χ4n) is 5.61. The van der Waals surface area contributed by atoms with Crippen molar-refractivity contribution in [1.29, 1.82) is 0 Å². The molecule has 1 atom stereocenters. The molecule has 0 N–H and O–H groups in total. The minimum absolute atomic E-state index is 0.00835. The topological polar surface area (TPSA) is 70.9 Å². The van der Waals surface area contributed by atoms with Crippen LogP contribution in [0.3, 0.4) is 0 Å². The van der Waals surface area contributed by atoms with Gasteiger partial charge in [0.25, 0.3) is 5.91 Å². The third kappa shape index (κ3) is 4.02. The second-order valence-electron chi connectivity index (χ2n) is 10.8. The van der Waals surface area contributed by atoms with Crippen LogP contribution in [-0.2, 0) is 13.0 Å². The van der Waals surface area contributed by atoms with Gasteiger partial charge in [-0.2, -0.15) is 5.10 Å². The van der Waals surface area contributed by atoms with Crippen LogP contribution in [0.15, 0.2) is 70.6 Å². The lowest BCUT2D eigenvalue weighted by atomic mass is 9.88. The monoisotopic (exact) mass is 481 g/mol. The van der Waals surface area contributed by atoms with Crippen molar-refractivity contribution in [1.82, 2.24) is 19.9 Å². The molecule has 2 aromatic rings. The van der Waals surface area contributed by atoms with Crippen LogP contribution >= 0.6 is 0 Å². The van der Waals surface area contributed by atoms with E-state index in [9.17, 15) is 4.79 Å². The van der Waals surface area contributed by atoms with Crippen LogP contribution < -0.4 is 4.74 Å². The largest absolute Gasteiger partial charge is 0.467 e. The molecule has 2 aliphatic heterocycles. The number of pyridine rings is 2. The number of amides is 1. The van der Waals surface area contributed by atoms with Gasteiger partial charge in [-0.3, -0.25) is 14.8 Å². The molecule has 2 aromatic heterocycles. The minimum atomic E-state index is -0.239. The van der Waals surface area contributed by atoms with E-state index in [2.05, 4.69) is 53.2 Å². The molecule has 4 aliphatic rings. The Morgan fingerprint density at radius 1 is 1.11 bits per heavy atom. The van der Waals surface area contributed by atoms with E-state index in [1.165, 1.54) is 22.3 Å². The molecule has 7 nitrogen and oxygen atoms in total. The Kier molecular flexibility index (Phi) is 5.51. The summed E-state index contributed by atoms with van der Waals surface area (Å²) < 4.78 is 6.49. The van der Waals surface area contributed by atoms with Gasteiger partial charge in [-0.05, 0) is 53.7 Å². The van der Waals surface area contributed by atoms with E-state index in [0.717, 1.165) is 37.1 Å². The molecule has 0 radical (unpaired) electrons. The lowest BCUT2D eigenvalue weighted by molar-refractivity contribution is 0.0727. The van der Waals surface area contributed by atoms with Crippen LogP contribution in [0.2, 0.25) is 0 Å². The number of hydrogen-bond donors (Lipinski definition) is 0. The molecule has 2 aliphatic carbocycles. The highest BCUT2D eigenvalue weighted by atomic mass is 16.5. The number of rotatable bonds is 5. The Hall–Kier alpha value is -3.74. The third-order valence-electron chi connectivity index (χ3n) is 7.59. The molecule has 0 saturated carbocycles. The van der Waals surface area contributed by atoms with Gasteiger partial charge in [0.1, 0.15) is 11.7 Å². The number of fused-ring (bicyclic) bond motifs is 2. The van der Waals surface area contributed by atoms with E-state index in [0.29, 0.717) is 24.5 Å². The Morgan fingerprint density at radius 2 is 2.00 bits per heavy atom. The lowest BCUT2D eigenvalue weighted by Gasteiger charge is -2.27. The first-order valence-electron chi connectivity index (χ1n) is 12.6. The number of carbonyl (C=O) groups excluding carboxylic acids is 1. The summed E-state index contributed by atoms with van der Waals surface area (Å²) in [6, 6.07) is 6.01. The quantitative estimate of drug-likeness (QED) is 0.622. The minimum Gasteiger partial charge on any atom is -0.467 e. The zero-order chi connectivity index (χ0) is 24.9. The van der Waals surface area contributed by atoms with Gasteiger partial charge in [0.15, 0.2) is 0 Å². The van der Waals surface area contributed by atoms with E-state index in [4.69, 9.17) is 4.74 Å². The number of hydrogen-bond acceptors (Lipinski definition) is 6. The van der Waals surface area contributed by atoms with Gasteiger partial charge in [0.05, 0.1) is 18.5 Å². The molecule has 0 aromatic carbocycles. The van der Waals surface area contributed by atoms with Gasteiger partial charge in [0, 0.05) is 37.9 Å². The molecule has 1 amide bonds. The third-order valence-corrected chi connectivity index (χ3v) is 7.59. The van der Waals surface area contributed by atoms with Crippen molar-refractivity contribution in [3.05, 3.63) is 87.9 Å². The molecule has 7 heteroatoms. The molecule has 4 heterocycles. The van der Waals surface area contributed by atoms with Crippen LogP contribution in [0.5, 0.6) is 5.88 Å². The molecule has 0 saturated heterocycles. The molecule has 184 valence electrons. The number of likely N-dealkylation sites (N-methyl/N-ethyl adjacent to an activating group) is 1. The summed E-state index contributed by atoms with van der Waals surface area (Å²) in [6.07, 6.45) is 14.6. The van der Waals surface area contributed by atoms with Crippen LogP contribution in [0.25, 0.3) is 0 Å². The zero-order valence-electron chi connectivity index (χ0n) is 21.1. The van der Waals surface area contributed by atoms with Crippen molar-refractivity contribution in [2.75, 3.05) is 20.1 Å². The Morgan fingerprint density at radius 3 is 2.78 bits per heavy atom. The summed E-state index contributed by atoms with van der Waals surface area (Å²) in [5.41, 5.74) is 7.35. The maximum Gasteiger partial charge on any atom is 0.260 e. The number of aromatic nitrogens is 2. The van der Waals surface area contributed by atoms with Gasteiger partial charge >= 0.3 is 0 Å². The summed E-state index contributed by atoms with van der Waals surface area (Å²) in [4.78, 5) is 24.6. The first-order valence-corrected chi connectivity index (χ1v) is 12.6. The van der Waals surface area contributed by atoms with Gasteiger partial charge < -0.3 is 9.64 Å². The zero-order valence-corrected chi connectivity index (χ0v) is 21.1. The summed E-state index contributed by atoms with van der Waals surface area (Å²) in [7, 11) is 1.97. The lowest BCUT2D eigenvalue weighted by Crippen LogP contribution is -2.28. The van der Waals surface area contributed by atoms with E-state index in [1.54, 1.807) is 12.4 Å². The van der Waals surface area contributed by atoms with Crippen LogP contribution in [-0.4, -0.2) is 52.1 Å². The molecule has 0 fully saturated rings. The summed E-state index contributed by atoms with van der Waals surface area (Å²) in [6.45, 7) is 6.39. The van der Waals surface area contributed by atoms with E-state index >= 15 is 0 Å². The molecule has 0 spiro atoms. The summed E-state index contributed by atoms with van der Waals surface area (Å²) in [5.74, 6) is 0.413. The van der Waals surface area contributed by atoms with Crippen molar-refractivity contribution < 1.29 is 9.53 Å². The molecule has 36 heavy (non-hydrogen) atoms. The van der Waals surface area contributed by atoms with Crippen molar-refractivity contribution in [2.24, 2.45) is 10.5 Å². The van der Waals surface area contributed by atoms with Gasteiger partial charge in [-0.1, -0.05) is 43.7 Å². The van der Waals surface area contributed by atoms with Gasteiger partial charge in [-0.15, -0.1) is 0 Å². The predicted octanol–water partition coefficient (Wildman–Crippen LogP) is 4.64. The molecular formula is C29H31N5O2. The normalized spacial score (nSPS) is 22.1. The fraction of sp³-hybridized carbons (Fsp3) is 0.379. The average Bonchev–Trinajstić information content (AvgIpc) is 3.33. The van der Waals surface area contributed by atoms with Gasteiger partial charge in [0.2, 0.25) is 5.88 Å². The summed E-state index contributed by atoms with van der Waals surface area (Å²) >= 11 is 0. The van der Waals surface area contributed by atoms with Crippen molar-refractivity contribution >= 4 is 12.1 Å². The first-order chi connectivity index (χ1) is 17.4. The number of nitrogens with zero attached hydrogens (tertiary/aromatic N) is 5. The number of ether oxygens (including phenoxy) is 1. The molecular weight excluding hydrogens is 450 g/mol. The van der Waals surface area contributed by atoms with Crippen molar-refractivity contribution in [3.63, 3.8) is 0 Å². The smallest absolute Gasteiger partial charge is 0.260 e. The van der Waals surface area contributed by atoms with Crippen LogP contribution in [0, 0.1) is 5.41 Å². The number of hydrazone groups is 1. The average molecular weight is 482 g/mol. The first kappa shape index (κ1) is 22.7. The molecule has 0 bridgehead atoms. The maximum atomic E-state index is 13.5. The highest BCUT2D eigenvalue weighted by Crippen LogP contribution is 2.47. The van der Waals surface area contributed by atoms with E-state index in [1.807, 2.05) is 35.3 Å². The highest BCUT2D eigenvalue weighted by molar-refractivity contribution is 6.00. The fourth-order valence-corrected chi connectivity index (χ4v) is 5.61. The standard InChI is InChI=1S/C29H31N5O2/c1-29(2)15-21-5-4-12-30-25(21)26(29)36-27-24-23(10-13-31-27)18-34(28(24)35)17-19-6-8-20(9-7-19)22-11-14-33(3)32-16-22/h4-6,8,10-13,16,26H,7,9,14-15,17-18H2,1-3H3. The second-order valence-corrected chi connectivity index (χ2v) is 10.8. The Balaban J connectivity index is 1.19. The SMILES string of the molecule is CN1CC=C(C2=CC=C(CN3Cc4ccnc(OC5c6ncccc6CC5(C)C)c4C3=O)CC2)C=N1. The number of allylic oxidation sites excluding steroid dienone is 4. The van der Waals surface area contributed by atoms with Crippen molar-refractivity contribution in [2.45, 2.75) is 45.8 Å². The molecule has 1 unspecified atom stereocenters.